The molecule has 0 saturated carbocycles. The maximum absolute atomic E-state index is 11.8. The summed E-state index contributed by atoms with van der Waals surface area (Å²) in [6.45, 7) is 4.37. The number of rotatable bonds is 5. The van der Waals surface area contributed by atoms with Crippen LogP contribution in [0.1, 0.15) is 31.0 Å². The van der Waals surface area contributed by atoms with Gasteiger partial charge in [-0.05, 0) is 35.1 Å². The normalized spacial score (nSPS) is 11.3. The molecule has 0 fully saturated rings. The van der Waals surface area contributed by atoms with E-state index in [-0.39, 0.29) is 18.2 Å². The van der Waals surface area contributed by atoms with E-state index in [1.807, 2.05) is 43.5 Å². The number of benzene rings is 1. The van der Waals surface area contributed by atoms with Gasteiger partial charge in [0.25, 0.3) is 0 Å². The van der Waals surface area contributed by atoms with Gasteiger partial charge in [-0.2, -0.15) is 0 Å². The number of fused-ring (bicyclic) bond motifs is 1. The first-order valence-electron chi connectivity index (χ1n) is 8.29. The monoisotopic (exact) mass is 367 g/mol. The molecular formula is C20H17NO4S. The zero-order valence-electron chi connectivity index (χ0n) is 14.4. The lowest BCUT2D eigenvalue weighted by Gasteiger charge is -2.10. The molecule has 5 nitrogen and oxygen atoms in total. The lowest BCUT2D eigenvalue weighted by Crippen LogP contribution is -2.02. The smallest absolute Gasteiger partial charge is 0.336 e. The molecule has 0 amide bonds. The second-order valence-corrected chi connectivity index (χ2v) is 7.19. The Hall–Kier alpha value is -2.86. The third-order valence-corrected chi connectivity index (χ3v) is 4.90. The van der Waals surface area contributed by atoms with Crippen LogP contribution in [0.15, 0.2) is 61.7 Å². The summed E-state index contributed by atoms with van der Waals surface area (Å²) in [5, 5.41) is 2.90. The second kappa shape index (κ2) is 6.80. The van der Waals surface area contributed by atoms with Crippen LogP contribution in [0.25, 0.3) is 21.7 Å². The molecule has 0 N–H and O–H groups in total. The molecule has 0 aliphatic heterocycles. The van der Waals surface area contributed by atoms with Crippen molar-refractivity contribution in [2.75, 3.05) is 0 Å². The Morgan fingerprint density at radius 3 is 2.88 bits per heavy atom. The molecule has 0 spiro atoms. The SMILES string of the molecule is CC(C)c1cc(=O)oc2cc(OCc3coc(-c4cccs4)n3)ccc12. The molecule has 0 unspecified atom stereocenters. The van der Waals surface area contributed by atoms with Crippen LogP contribution in [0, 0.1) is 0 Å². The molecule has 132 valence electrons. The molecule has 4 rings (SSSR count). The van der Waals surface area contributed by atoms with Crippen LogP contribution in [0.2, 0.25) is 0 Å². The lowest BCUT2D eigenvalue weighted by molar-refractivity contribution is 0.301. The number of oxazole rings is 1. The largest absolute Gasteiger partial charge is 0.487 e. The van der Waals surface area contributed by atoms with Crippen LogP contribution in [0.4, 0.5) is 0 Å². The van der Waals surface area contributed by atoms with Crippen LogP contribution in [0.5, 0.6) is 5.75 Å². The molecule has 0 aliphatic carbocycles. The zero-order valence-corrected chi connectivity index (χ0v) is 15.2. The molecule has 1 aromatic carbocycles. The fourth-order valence-corrected chi connectivity index (χ4v) is 3.44. The third-order valence-electron chi connectivity index (χ3n) is 4.04. The number of thiophene rings is 1. The van der Waals surface area contributed by atoms with Gasteiger partial charge in [-0.3, -0.25) is 0 Å². The van der Waals surface area contributed by atoms with Crippen LogP contribution in [0.3, 0.4) is 0 Å². The van der Waals surface area contributed by atoms with Crippen LogP contribution < -0.4 is 10.4 Å². The number of aromatic nitrogens is 1. The minimum Gasteiger partial charge on any atom is -0.487 e. The number of nitrogens with zero attached hydrogens (tertiary/aromatic N) is 1. The molecule has 0 aliphatic rings. The predicted molar refractivity (Wildman–Crippen MR) is 101 cm³/mol. The topological polar surface area (TPSA) is 65.5 Å². The van der Waals surface area contributed by atoms with Gasteiger partial charge in [-0.1, -0.05) is 19.9 Å². The van der Waals surface area contributed by atoms with E-state index < -0.39 is 0 Å². The van der Waals surface area contributed by atoms with E-state index in [0.29, 0.717) is 22.9 Å². The van der Waals surface area contributed by atoms with Gasteiger partial charge in [-0.25, -0.2) is 9.78 Å². The first-order valence-corrected chi connectivity index (χ1v) is 9.17. The fraction of sp³-hybridized carbons (Fsp3) is 0.200. The van der Waals surface area contributed by atoms with Crippen LogP contribution >= 0.6 is 11.3 Å². The van der Waals surface area contributed by atoms with Crippen LogP contribution in [-0.2, 0) is 6.61 Å². The van der Waals surface area contributed by atoms with Crippen molar-refractivity contribution >= 4 is 22.3 Å². The van der Waals surface area contributed by atoms with Gasteiger partial charge in [0.1, 0.15) is 29.9 Å². The van der Waals surface area contributed by atoms with E-state index in [0.717, 1.165) is 15.8 Å². The Bertz CT molecular complexity index is 1090. The summed E-state index contributed by atoms with van der Waals surface area (Å²) in [7, 11) is 0. The van der Waals surface area contributed by atoms with E-state index in [1.54, 1.807) is 29.7 Å². The summed E-state index contributed by atoms with van der Waals surface area (Å²) >= 11 is 1.57. The van der Waals surface area contributed by atoms with Crippen molar-refractivity contribution < 1.29 is 13.6 Å². The van der Waals surface area contributed by atoms with Crippen molar-refractivity contribution in [1.29, 1.82) is 0 Å². The van der Waals surface area contributed by atoms with Gasteiger partial charge in [0.15, 0.2) is 0 Å². The van der Waals surface area contributed by atoms with E-state index in [9.17, 15) is 4.79 Å². The molecule has 3 heterocycles. The minimum atomic E-state index is -0.351. The Kier molecular flexibility index (Phi) is 4.34. The van der Waals surface area contributed by atoms with Gasteiger partial charge in [-0.15, -0.1) is 11.3 Å². The summed E-state index contributed by atoms with van der Waals surface area (Å²) in [6.07, 6.45) is 1.59. The molecule has 3 aromatic heterocycles. The molecule has 4 aromatic rings. The average molecular weight is 367 g/mol. The van der Waals surface area contributed by atoms with Crippen molar-refractivity contribution in [3.63, 3.8) is 0 Å². The zero-order chi connectivity index (χ0) is 18.1. The molecule has 26 heavy (non-hydrogen) atoms. The van der Waals surface area contributed by atoms with E-state index >= 15 is 0 Å². The highest BCUT2D eigenvalue weighted by molar-refractivity contribution is 7.13. The quantitative estimate of drug-likeness (QED) is 0.453. The highest BCUT2D eigenvalue weighted by Crippen LogP contribution is 2.28. The number of hydrogen-bond donors (Lipinski definition) is 0. The first-order chi connectivity index (χ1) is 12.6. The lowest BCUT2D eigenvalue weighted by atomic mass is 10.00. The molecule has 0 radical (unpaired) electrons. The van der Waals surface area contributed by atoms with Crippen molar-refractivity contribution in [1.82, 2.24) is 4.98 Å². The van der Waals surface area contributed by atoms with Gasteiger partial charge in [0.05, 0.1) is 4.88 Å². The molecule has 0 bridgehead atoms. The van der Waals surface area contributed by atoms with E-state index in [2.05, 4.69) is 4.98 Å². The first kappa shape index (κ1) is 16.6. The second-order valence-electron chi connectivity index (χ2n) is 6.24. The maximum Gasteiger partial charge on any atom is 0.336 e. The van der Waals surface area contributed by atoms with Gasteiger partial charge in [0.2, 0.25) is 5.89 Å². The molecule has 0 atom stereocenters. The number of ether oxygens (including phenoxy) is 1. The predicted octanol–water partition coefficient (Wildman–Crippen LogP) is 5.21. The summed E-state index contributed by atoms with van der Waals surface area (Å²) in [5.41, 5.74) is 1.85. The van der Waals surface area contributed by atoms with Crippen molar-refractivity contribution in [3.05, 3.63) is 69.7 Å². The Morgan fingerprint density at radius 1 is 1.23 bits per heavy atom. The average Bonchev–Trinajstić information content (AvgIpc) is 3.30. The van der Waals surface area contributed by atoms with Crippen molar-refractivity contribution in [2.24, 2.45) is 0 Å². The standard InChI is InChI=1S/C20H17NO4S/c1-12(2)16-9-19(22)25-17-8-14(5-6-15(16)17)23-10-13-11-24-20(21-13)18-4-3-7-26-18/h3-9,11-12H,10H2,1-2H3. The van der Waals surface area contributed by atoms with Gasteiger partial charge < -0.3 is 13.6 Å². The van der Waals surface area contributed by atoms with Crippen LogP contribution in [-0.4, -0.2) is 4.98 Å². The molecule has 0 saturated heterocycles. The Labute approximate surface area is 153 Å². The molecule has 6 heteroatoms. The van der Waals surface area contributed by atoms with E-state index in [4.69, 9.17) is 13.6 Å². The third kappa shape index (κ3) is 3.28. The van der Waals surface area contributed by atoms with Gasteiger partial charge >= 0.3 is 5.63 Å². The maximum atomic E-state index is 11.8. The van der Waals surface area contributed by atoms with E-state index in [1.165, 1.54) is 0 Å². The van der Waals surface area contributed by atoms with Crippen molar-refractivity contribution in [3.8, 4) is 16.5 Å². The molecular weight excluding hydrogens is 350 g/mol. The minimum absolute atomic E-state index is 0.235. The summed E-state index contributed by atoms with van der Waals surface area (Å²) in [4.78, 5) is 17.2. The fourth-order valence-electron chi connectivity index (χ4n) is 2.78. The Balaban J connectivity index is 1.55. The highest BCUT2D eigenvalue weighted by atomic mass is 32.1. The Morgan fingerprint density at radius 2 is 2.12 bits per heavy atom. The summed E-state index contributed by atoms with van der Waals surface area (Å²) < 4.78 is 16.6. The van der Waals surface area contributed by atoms with Gasteiger partial charge in [0, 0.05) is 17.5 Å². The number of hydrogen-bond acceptors (Lipinski definition) is 6. The highest BCUT2D eigenvalue weighted by Gasteiger charge is 2.11. The summed E-state index contributed by atoms with van der Waals surface area (Å²) in [5.74, 6) is 1.44. The summed E-state index contributed by atoms with van der Waals surface area (Å²) in [6, 6.07) is 11.0. The van der Waals surface area contributed by atoms with Crippen molar-refractivity contribution in [2.45, 2.75) is 26.4 Å².